The van der Waals surface area contributed by atoms with Crippen molar-refractivity contribution in [3.8, 4) is 5.75 Å². The molecule has 106 valence electrons. The highest BCUT2D eigenvalue weighted by Gasteiger charge is 2.32. The van der Waals surface area contributed by atoms with Gasteiger partial charge in [-0.3, -0.25) is 0 Å². The molecule has 0 radical (unpaired) electrons. The van der Waals surface area contributed by atoms with Crippen molar-refractivity contribution < 1.29 is 13.2 Å². The molecule has 2 rings (SSSR count). The first-order valence-corrected chi connectivity index (χ1v) is 8.55. The number of hydrogen-bond acceptors (Lipinski definition) is 5. The van der Waals surface area contributed by atoms with Crippen molar-refractivity contribution in [3.63, 3.8) is 0 Å². The number of sulfonamides is 1. The van der Waals surface area contributed by atoms with Crippen LogP contribution in [0.3, 0.4) is 0 Å². The Kier molecular flexibility index (Phi) is 4.27. The third kappa shape index (κ3) is 2.82. The van der Waals surface area contributed by atoms with Gasteiger partial charge in [0.2, 0.25) is 10.0 Å². The fourth-order valence-electron chi connectivity index (χ4n) is 2.06. The molecular weight excluding hydrogens is 284 g/mol. The average molecular weight is 302 g/mol. The fraction of sp³-hybridized carbons (Fsp3) is 0.500. The monoisotopic (exact) mass is 302 g/mol. The van der Waals surface area contributed by atoms with Gasteiger partial charge in [0.1, 0.15) is 10.6 Å². The molecule has 1 unspecified atom stereocenters. The molecule has 0 aromatic heterocycles. The number of nitrogen functional groups attached to an aromatic ring is 1. The molecule has 2 N–H and O–H groups in total. The predicted octanol–water partition coefficient (Wildman–Crippen LogP) is 1.40. The minimum atomic E-state index is -3.57. The van der Waals surface area contributed by atoms with Crippen LogP contribution in [-0.4, -0.2) is 44.4 Å². The number of nitrogens with zero attached hydrogens (tertiary/aromatic N) is 1. The first-order valence-electron chi connectivity index (χ1n) is 5.96. The van der Waals surface area contributed by atoms with E-state index in [1.165, 1.54) is 17.5 Å². The van der Waals surface area contributed by atoms with Crippen LogP contribution in [0.25, 0.3) is 0 Å². The van der Waals surface area contributed by atoms with Gasteiger partial charge in [0.05, 0.1) is 7.11 Å². The lowest BCUT2D eigenvalue weighted by Gasteiger charge is -2.24. The summed E-state index contributed by atoms with van der Waals surface area (Å²) < 4.78 is 31.8. The second kappa shape index (κ2) is 5.60. The highest BCUT2D eigenvalue weighted by atomic mass is 32.2. The average Bonchev–Trinajstić information content (AvgIpc) is 2.91. The molecule has 7 heteroatoms. The zero-order chi connectivity index (χ0) is 14.0. The molecule has 0 aliphatic carbocycles. The summed E-state index contributed by atoms with van der Waals surface area (Å²) in [5, 5.41) is 0. The van der Waals surface area contributed by atoms with E-state index in [9.17, 15) is 8.42 Å². The van der Waals surface area contributed by atoms with Crippen LogP contribution in [0.1, 0.15) is 6.42 Å². The molecule has 1 atom stereocenters. The van der Waals surface area contributed by atoms with Crippen molar-refractivity contribution in [2.75, 3.05) is 31.4 Å². The molecule has 1 aliphatic rings. The molecule has 0 bridgehead atoms. The zero-order valence-corrected chi connectivity index (χ0v) is 12.6. The molecule has 1 aliphatic heterocycles. The van der Waals surface area contributed by atoms with Crippen LogP contribution in [0, 0.1) is 0 Å². The van der Waals surface area contributed by atoms with Crippen molar-refractivity contribution in [2.45, 2.75) is 17.4 Å². The van der Waals surface area contributed by atoms with Crippen molar-refractivity contribution >= 4 is 27.5 Å². The maximum absolute atomic E-state index is 12.6. The van der Waals surface area contributed by atoms with E-state index in [2.05, 4.69) is 0 Å². The van der Waals surface area contributed by atoms with Gasteiger partial charge >= 0.3 is 0 Å². The Morgan fingerprint density at radius 3 is 2.79 bits per heavy atom. The molecule has 1 aromatic carbocycles. The van der Waals surface area contributed by atoms with Crippen LogP contribution < -0.4 is 10.5 Å². The largest absolute Gasteiger partial charge is 0.495 e. The Labute approximate surface area is 118 Å². The van der Waals surface area contributed by atoms with Gasteiger partial charge in [-0.1, -0.05) is 0 Å². The van der Waals surface area contributed by atoms with E-state index in [-0.39, 0.29) is 10.9 Å². The number of hydrogen-bond donors (Lipinski definition) is 1. The van der Waals surface area contributed by atoms with E-state index >= 15 is 0 Å². The number of methoxy groups -OCH3 is 1. The molecule has 1 fully saturated rings. The van der Waals surface area contributed by atoms with E-state index < -0.39 is 10.0 Å². The molecule has 1 heterocycles. The summed E-state index contributed by atoms with van der Waals surface area (Å²) in [6.45, 7) is 0. The van der Waals surface area contributed by atoms with Gasteiger partial charge in [-0.2, -0.15) is 16.1 Å². The van der Waals surface area contributed by atoms with Crippen LogP contribution in [0.5, 0.6) is 5.75 Å². The van der Waals surface area contributed by atoms with Crippen molar-refractivity contribution in [1.82, 2.24) is 4.31 Å². The number of thioether (sulfide) groups is 1. The quantitative estimate of drug-likeness (QED) is 0.851. The second-order valence-corrected chi connectivity index (χ2v) is 7.56. The van der Waals surface area contributed by atoms with Gasteiger partial charge in [-0.25, -0.2) is 8.42 Å². The van der Waals surface area contributed by atoms with Crippen molar-refractivity contribution in [2.24, 2.45) is 0 Å². The minimum Gasteiger partial charge on any atom is -0.495 e. The SMILES string of the molecule is COc1ccc(N)cc1S(=O)(=O)N(C)C1CCSC1. The Morgan fingerprint density at radius 2 is 2.21 bits per heavy atom. The van der Waals surface area contributed by atoms with Gasteiger partial charge in [0, 0.05) is 24.5 Å². The van der Waals surface area contributed by atoms with Gasteiger partial charge in [-0.15, -0.1) is 0 Å². The lowest BCUT2D eigenvalue weighted by molar-refractivity contribution is 0.380. The van der Waals surface area contributed by atoms with E-state index in [0.717, 1.165) is 17.9 Å². The van der Waals surface area contributed by atoms with E-state index in [1.807, 2.05) is 0 Å². The van der Waals surface area contributed by atoms with Gasteiger partial charge in [0.15, 0.2) is 0 Å². The Hall–Kier alpha value is -0.920. The number of benzene rings is 1. The first kappa shape index (κ1) is 14.5. The van der Waals surface area contributed by atoms with Crippen LogP contribution in [-0.2, 0) is 10.0 Å². The molecular formula is C12H18N2O3S2. The molecule has 0 spiro atoms. The van der Waals surface area contributed by atoms with E-state index in [0.29, 0.717) is 11.4 Å². The molecule has 1 saturated heterocycles. The third-order valence-corrected chi connectivity index (χ3v) is 6.34. The van der Waals surface area contributed by atoms with Crippen molar-refractivity contribution in [3.05, 3.63) is 18.2 Å². The van der Waals surface area contributed by atoms with E-state index in [1.54, 1.807) is 30.9 Å². The smallest absolute Gasteiger partial charge is 0.246 e. The summed E-state index contributed by atoms with van der Waals surface area (Å²) in [7, 11) is -0.499. The van der Waals surface area contributed by atoms with Crippen LogP contribution in [0.15, 0.2) is 23.1 Å². The van der Waals surface area contributed by atoms with Gasteiger partial charge in [-0.05, 0) is 30.4 Å². The number of anilines is 1. The van der Waals surface area contributed by atoms with Gasteiger partial charge < -0.3 is 10.5 Å². The van der Waals surface area contributed by atoms with Crippen LogP contribution >= 0.6 is 11.8 Å². The summed E-state index contributed by atoms with van der Waals surface area (Å²) in [5.41, 5.74) is 6.10. The summed E-state index contributed by atoms with van der Waals surface area (Å²) in [4.78, 5) is 0.134. The topological polar surface area (TPSA) is 72.6 Å². The normalized spacial score (nSPS) is 19.8. The summed E-state index contributed by atoms with van der Waals surface area (Å²) in [6.07, 6.45) is 0.880. The molecule has 19 heavy (non-hydrogen) atoms. The highest BCUT2D eigenvalue weighted by molar-refractivity contribution is 7.99. The summed E-state index contributed by atoms with van der Waals surface area (Å²) in [6, 6.07) is 4.70. The van der Waals surface area contributed by atoms with Crippen LogP contribution in [0.2, 0.25) is 0 Å². The van der Waals surface area contributed by atoms with Crippen LogP contribution in [0.4, 0.5) is 5.69 Å². The maximum atomic E-state index is 12.6. The number of ether oxygens (including phenoxy) is 1. The van der Waals surface area contributed by atoms with Crippen molar-refractivity contribution in [1.29, 1.82) is 0 Å². The Morgan fingerprint density at radius 1 is 1.47 bits per heavy atom. The lowest BCUT2D eigenvalue weighted by atomic mass is 10.3. The second-order valence-electron chi connectivity index (χ2n) is 4.45. The summed E-state index contributed by atoms with van der Waals surface area (Å²) in [5.74, 6) is 2.16. The Balaban J connectivity index is 2.40. The molecule has 0 amide bonds. The maximum Gasteiger partial charge on any atom is 0.246 e. The first-order chi connectivity index (χ1) is 8.96. The minimum absolute atomic E-state index is 0.0427. The lowest BCUT2D eigenvalue weighted by Crippen LogP contribution is -2.37. The fourth-order valence-corrected chi connectivity index (χ4v) is 4.99. The predicted molar refractivity (Wildman–Crippen MR) is 78.1 cm³/mol. The summed E-state index contributed by atoms with van der Waals surface area (Å²) >= 11 is 1.77. The molecule has 1 aromatic rings. The van der Waals surface area contributed by atoms with E-state index in [4.69, 9.17) is 10.5 Å². The molecule has 5 nitrogen and oxygen atoms in total. The zero-order valence-electron chi connectivity index (χ0n) is 11.0. The number of rotatable bonds is 4. The molecule has 0 saturated carbocycles. The Bertz CT molecular complexity index is 554. The standard InChI is InChI=1S/C12H18N2O3S2/c1-14(10-5-6-18-8-10)19(15,16)12-7-9(13)3-4-11(12)17-2/h3-4,7,10H,5-6,8,13H2,1-2H3. The highest BCUT2D eigenvalue weighted by Crippen LogP contribution is 2.31. The third-order valence-electron chi connectivity index (χ3n) is 3.26. The van der Waals surface area contributed by atoms with Gasteiger partial charge in [0.25, 0.3) is 0 Å². The number of nitrogens with two attached hydrogens (primary N) is 1.